The number of ketones is 1. The fraction of sp³-hybridized carbons (Fsp3) is 0.500. The molecule has 1 aromatic heterocycles. The van der Waals surface area contributed by atoms with Crippen molar-refractivity contribution in [3.63, 3.8) is 0 Å². The Kier molecular flexibility index (Phi) is 3.68. The Morgan fingerprint density at radius 2 is 2.12 bits per heavy atom. The monoisotopic (exact) mass is 272 g/mol. The van der Waals surface area contributed by atoms with Crippen LogP contribution in [-0.4, -0.2) is 35.3 Å². The molecule has 17 heavy (non-hydrogen) atoms. The van der Waals surface area contributed by atoms with Crippen molar-refractivity contribution in [2.75, 3.05) is 29.5 Å². The minimum Gasteiger partial charge on any atom is -0.356 e. The number of rotatable bonds is 3. The number of anilines is 1. The van der Waals surface area contributed by atoms with Gasteiger partial charge < -0.3 is 4.90 Å². The van der Waals surface area contributed by atoms with Crippen molar-refractivity contribution < 1.29 is 9.72 Å². The zero-order chi connectivity index (χ0) is 12.4. The van der Waals surface area contributed by atoms with Crippen molar-refractivity contribution in [3.8, 4) is 0 Å². The summed E-state index contributed by atoms with van der Waals surface area (Å²) in [5.74, 6) is 1.84. The summed E-state index contributed by atoms with van der Waals surface area (Å²) in [6.07, 6.45) is 0. The van der Waals surface area contributed by atoms with E-state index in [2.05, 4.69) is 0 Å². The Morgan fingerprint density at radius 3 is 2.65 bits per heavy atom. The molecule has 1 fully saturated rings. The molecule has 0 aromatic carbocycles. The van der Waals surface area contributed by atoms with Crippen LogP contribution in [0.3, 0.4) is 0 Å². The molecule has 0 aliphatic carbocycles. The van der Waals surface area contributed by atoms with Gasteiger partial charge in [-0.3, -0.25) is 14.9 Å². The van der Waals surface area contributed by atoms with Crippen LogP contribution in [0.4, 0.5) is 10.7 Å². The predicted molar refractivity (Wildman–Crippen MR) is 70.5 cm³/mol. The summed E-state index contributed by atoms with van der Waals surface area (Å²) >= 11 is 3.07. The highest BCUT2D eigenvalue weighted by Crippen LogP contribution is 2.38. The highest BCUT2D eigenvalue weighted by Gasteiger charge is 2.26. The molecule has 1 aromatic rings. The molecule has 1 aliphatic rings. The molecule has 2 heterocycles. The Labute approximate surface area is 107 Å². The molecule has 92 valence electrons. The molecule has 2 rings (SSSR count). The number of Topliss-reactive ketones (excluding diaryl/α,β-unsaturated/α-hetero) is 1. The largest absolute Gasteiger partial charge is 0.356 e. The minimum atomic E-state index is -0.403. The summed E-state index contributed by atoms with van der Waals surface area (Å²) in [6.45, 7) is 3.05. The fourth-order valence-corrected chi connectivity index (χ4v) is 3.64. The lowest BCUT2D eigenvalue weighted by molar-refractivity contribution is -0.383. The minimum absolute atomic E-state index is 0.0621. The maximum absolute atomic E-state index is 11.3. The topological polar surface area (TPSA) is 63.4 Å². The molecule has 0 unspecified atom stereocenters. The number of hydrogen-bond donors (Lipinski definition) is 0. The third kappa shape index (κ3) is 2.61. The average molecular weight is 272 g/mol. The van der Waals surface area contributed by atoms with E-state index in [0.29, 0.717) is 9.88 Å². The molecule has 0 amide bonds. The van der Waals surface area contributed by atoms with Crippen molar-refractivity contribution in [3.05, 3.63) is 21.1 Å². The molecule has 5 nitrogen and oxygen atoms in total. The van der Waals surface area contributed by atoms with E-state index in [1.165, 1.54) is 24.3 Å². The molecule has 0 spiro atoms. The number of nitro groups is 1. The third-order valence-corrected chi connectivity index (χ3v) is 4.76. The lowest BCUT2D eigenvalue weighted by Crippen LogP contribution is -2.32. The lowest BCUT2D eigenvalue weighted by atomic mass is 10.3. The molecular formula is C10H12N2O3S2. The summed E-state index contributed by atoms with van der Waals surface area (Å²) in [6, 6.07) is 1.39. The quantitative estimate of drug-likeness (QED) is 0.480. The van der Waals surface area contributed by atoms with Crippen LogP contribution in [0.2, 0.25) is 0 Å². The van der Waals surface area contributed by atoms with Crippen molar-refractivity contribution >= 4 is 39.6 Å². The van der Waals surface area contributed by atoms with Crippen LogP contribution in [0.5, 0.6) is 0 Å². The van der Waals surface area contributed by atoms with Crippen molar-refractivity contribution in [2.24, 2.45) is 0 Å². The van der Waals surface area contributed by atoms with Crippen molar-refractivity contribution in [1.82, 2.24) is 0 Å². The van der Waals surface area contributed by atoms with Gasteiger partial charge in [-0.05, 0) is 6.92 Å². The first kappa shape index (κ1) is 12.4. The first-order valence-electron chi connectivity index (χ1n) is 5.21. The molecule has 7 heteroatoms. The van der Waals surface area contributed by atoms with Crippen LogP contribution in [0, 0.1) is 10.1 Å². The number of thioether (sulfide) groups is 1. The van der Waals surface area contributed by atoms with Crippen LogP contribution in [0.25, 0.3) is 0 Å². The number of hydrogen-bond acceptors (Lipinski definition) is 6. The van der Waals surface area contributed by atoms with E-state index in [0.717, 1.165) is 24.6 Å². The second-order valence-electron chi connectivity index (χ2n) is 3.71. The fourth-order valence-electron chi connectivity index (χ4n) is 1.67. The van der Waals surface area contributed by atoms with Crippen LogP contribution < -0.4 is 4.90 Å². The van der Waals surface area contributed by atoms with Gasteiger partial charge in [0.2, 0.25) is 0 Å². The van der Waals surface area contributed by atoms with E-state index < -0.39 is 4.92 Å². The maximum atomic E-state index is 11.3. The molecule has 1 aliphatic heterocycles. The molecule has 0 atom stereocenters. The molecule has 0 bridgehead atoms. The SMILES string of the molecule is CC(=O)c1cc([N+](=O)[O-])c(N2CCSCC2)s1. The molecule has 0 N–H and O–H groups in total. The maximum Gasteiger partial charge on any atom is 0.304 e. The number of thiophene rings is 1. The zero-order valence-corrected chi connectivity index (χ0v) is 11.0. The summed E-state index contributed by atoms with van der Waals surface area (Å²) in [4.78, 5) is 24.3. The van der Waals surface area contributed by atoms with Gasteiger partial charge in [0.25, 0.3) is 0 Å². The Balaban J connectivity index is 2.36. The summed E-state index contributed by atoms with van der Waals surface area (Å²) < 4.78 is 0. The van der Waals surface area contributed by atoms with Gasteiger partial charge in [-0.1, -0.05) is 0 Å². The molecule has 0 radical (unpaired) electrons. The number of carbonyl (C=O) groups excluding carboxylic acids is 1. The van der Waals surface area contributed by atoms with Gasteiger partial charge in [0.1, 0.15) is 0 Å². The van der Waals surface area contributed by atoms with E-state index >= 15 is 0 Å². The Morgan fingerprint density at radius 1 is 1.47 bits per heavy atom. The van der Waals surface area contributed by atoms with Crippen molar-refractivity contribution in [1.29, 1.82) is 0 Å². The lowest BCUT2D eigenvalue weighted by Gasteiger charge is -2.26. The normalized spacial score (nSPS) is 15.9. The summed E-state index contributed by atoms with van der Waals surface area (Å²) in [5, 5.41) is 11.6. The van der Waals surface area contributed by atoms with Crippen LogP contribution >= 0.6 is 23.1 Å². The van der Waals surface area contributed by atoms with Crippen LogP contribution in [0.1, 0.15) is 16.6 Å². The predicted octanol–water partition coefficient (Wildman–Crippen LogP) is 2.41. The van der Waals surface area contributed by atoms with Gasteiger partial charge in [0.05, 0.1) is 9.80 Å². The average Bonchev–Trinajstić information content (AvgIpc) is 2.75. The second kappa shape index (κ2) is 5.05. The molecule has 1 saturated heterocycles. The highest BCUT2D eigenvalue weighted by molar-refractivity contribution is 7.99. The van der Waals surface area contributed by atoms with Gasteiger partial charge in [0, 0.05) is 30.7 Å². The van der Waals surface area contributed by atoms with Crippen molar-refractivity contribution in [2.45, 2.75) is 6.92 Å². The number of nitrogens with zero attached hydrogens (tertiary/aromatic N) is 2. The molecule has 0 saturated carbocycles. The molecular weight excluding hydrogens is 260 g/mol. The Hall–Kier alpha value is -1.08. The summed E-state index contributed by atoms with van der Waals surface area (Å²) in [7, 11) is 0. The highest BCUT2D eigenvalue weighted by atomic mass is 32.2. The van der Waals surface area contributed by atoms with Crippen LogP contribution in [0.15, 0.2) is 6.07 Å². The zero-order valence-electron chi connectivity index (χ0n) is 9.34. The number of carbonyl (C=O) groups is 1. The first-order valence-corrected chi connectivity index (χ1v) is 7.18. The van der Waals surface area contributed by atoms with Gasteiger partial charge in [0.15, 0.2) is 10.8 Å². The smallest absolute Gasteiger partial charge is 0.304 e. The summed E-state index contributed by atoms with van der Waals surface area (Å²) in [5.41, 5.74) is 0.0621. The van der Waals surface area contributed by atoms with E-state index in [-0.39, 0.29) is 11.5 Å². The van der Waals surface area contributed by atoms with Gasteiger partial charge in [-0.25, -0.2) is 0 Å². The van der Waals surface area contributed by atoms with E-state index in [1.54, 1.807) is 0 Å². The third-order valence-electron chi connectivity index (χ3n) is 2.54. The van der Waals surface area contributed by atoms with E-state index in [9.17, 15) is 14.9 Å². The first-order chi connectivity index (χ1) is 8.09. The van der Waals surface area contributed by atoms with Gasteiger partial charge in [-0.15, -0.1) is 11.3 Å². The van der Waals surface area contributed by atoms with E-state index in [4.69, 9.17) is 0 Å². The van der Waals surface area contributed by atoms with E-state index in [1.807, 2.05) is 16.7 Å². The standard InChI is InChI=1S/C10H12N2O3S2/c1-7(13)9-6-8(12(14)15)10(17-9)11-2-4-16-5-3-11/h6H,2-5H2,1H3. The van der Waals surface area contributed by atoms with Gasteiger partial charge in [-0.2, -0.15) is 11.8 Å². The van der Waals surface area contributed by atoms with Gasteiger partial charge >= 0.3 is 5.69 Å². The van der Waals surface area contributed by atoms with Crippen LogP contribution in [-0.2, 0) is 0 Å². The second-order valence-corrected chi connectivity index (χ2v) is 5.97. The Bertz CT molecular complexity index is 452.